The molecule has 0 radical (unpaired) electrons. The molecule has 0 unspecified atom stereocenters. The van der Waals surface area contributed by atoms with Gasteiger partial charge in [-0.05, 0) is 48.4 Å². The number of benzene rings is 3. The van der Waals surface area contributed by atoms with E-state index >= 15 is 0 Å². The van der Waals surface area contributed by atoms with E-state index < -0.39 is 0 Å². The molecule has 0 bridgehead atoms. The topological polar surface area (TPSA) is 87.0 Å². The Labute approximate surface area is 160 Å². The number of phenolic OH excluding ortho intramolecular Hbond substituents is 1. The molecule has 0 saturated carbocycles. The maximum Gasteiger partial charge on any atom is 0.159 e. The van der Waals surface area contributed by atoms with Gasteiger partial charge >= 0.3 is 0 Å². The molecular formula is C22H18N4O2. The number of fused-ring (bicyclic) bond motifs is 2. The van der Waals surface area contributed by atoms with Crippen LogP contribution in [-0.4, -0.2) is 36.6 Å². The Morgan fingerprint density at radius 3 is 2.64 bits per heavy atom. The molecule has 0 aliphatic carbocycles. The van der Waals surface area contributed by atoms with Crippen molar-refractivity contribution in [2.45, 2.75) is 6.42 Å². The molecule has 0 atom stereocenters. The summed E-state index contributed by atoms with van der Waals surface area (Å²) in [6.45, 7) is -0.00785. The molecule has 0 amide bonds. The summed E-state index contributed by atoms with van der Waals surface area (Å²) >= 11 is 0. The van der Waals surface area contributed by atoms with E-state index in [0.717, 1.165) is 38.9 Å². The van der Waals surface area contributed by atoms with E-state index in [0.29, 0.717) is 12.2 Å². The van der Waals surface area contributed by atoms with Crippen LogP contribution in [0.5, 0.6) is 5.75 Å². The second-order valence-electron chi connectivity index (χ2n) is 6.67. The van der Waals surface area contributed by atoms with Gasteiger partial charge in [0.2, 0.25) is 0 Å². The number of hydrogen-bond donors (Lipinski definition) is 3. The summed E-state index contributed by atoms with van der Waals surface area (Å²) in [7, 11) is 0. The lowest BCUT2D eigenvalue weighted by atomic mass is 10.1. The zero-order chi connectivity index (χ0) is 19.1. The highest BCUT2D eigenvalue weighted by molar-refractivity contribution is 5.94. The van der Waals surface area contributed by atoms with E-state index in [9.17, 15) is 10.2 Å². The van der Waals surface area contributed by atoms with E-state index in [1.165, 1.54) is 0 Å². The monoisotopic (exact) mass is 370 g/mol. The minimum atomic E-state index is -0.00785. The molecule has 0 saturated heterocycles. The van der Waals surface area contributed by atoms with Gasteiger partial charge in [0.1, 0.15) is 11.4 Å². The number of aromatic amines is 1. The van der Waals surface area contributed by atoms with Gasteiger partial charge in [0, 0.05) is 12.0 Å². The summed E-state index contributed by atoms with van der Waals surface area (Å²) < 4.78 is 1.85. The summed E-state index contributed by atoms with van der Waals surface area (Å²) in [4.78, 5) is 8.05. The average molecular weight is 370 g/mol. The first kappa shape index (κ1) is 16.5. The van der Waals surface area contributed by atoms with Crippen LogP contribution in [0.25, 0.3) is 39.1 Å². The SMILES string of the molecule is OCCc1cc(O)ccc1-n1nc(-c2nc3ccccc3[nH]2)c2ccccc21. The highest BCUT2D eigenvalue weighted by atomic mass is 16.3. The van der Waals surface area contributed by atoms with Crippen LogP contribution in [0.4, 0.5) is 0 Å². The maximum atomic E-state index is 9.86. The Morgan fingerprint density at radius 2 is 1.79 bits per heavy atom. The molecule has 2 heterocycles. The van der Waals surface area contributed by atoms with Crippen LogP contribution in [0.1, 0.15) is 5.56 Å². The van der Waals surface area contributed by atoms with Crippen molar-refractivity contribution in [3.05, 3.63) is 72.3 Å². The van der Waals surface area contributed by atoms with E-state index in [4.69, 9.17) is 10.1 Å². The molecule has 6 nitrogen and oxygen atoms in total. The minimum Gasteiger partial charge on any atom is -0.508 e. The maximum absolute atomic E-state index is 9.86. The number of aromatic hydroxyl groups is 1. The number of nitrogens with zero attached hydrogens (tertiary/aromatic N) is 3. The van der Waals surface area contributed by atoms with Crippen molar-refractivity contribution in [1.29, 1.82) is 0 Å². The Balaban J connectivity index is 1.76. The molecule has 138 valence electrons. The van der Waals surface area contributed by atoms with Gasteiger partial charge in [-0.15, -0.1) is 0 Å². The number of aliphatic hydroxyl groups excluding tert-OH is 1. The lowest BCUT2D eigenvalue weighted by Gasteiger charge is -2.10. The number of aliphatic hydroxyl groups is 1. The van der Waals surface area contributed by atoms with Gasteiger partial charge in [-0.25, -0.2) is 9.67 Å². The summed E-state index contributed by atoms with van der Waals surface area (Å²) in [5.41, 5.74) is 5.19. The average Bonchev–Trinajstić information content (AvgIpc) is 3.30. The fraction of sp³-hybridized carbons (Fsp3) is 0.0909. The van der Waals surface area contributed by atoms with Crippen molar-refractivity contribution in [1.82, 2.24) is 19.7 Å². The van der Waals surface area contributed by atoms with Crippen LogP contribution >= 0.6 is 0 Å². The van der Waals surface area contributed by atoms with E-state index in [1.54, 1.807) is 12.1 Å². The zero-order valence-corrected chi connectivity index (χ0v) is 15.0. The van der Waals surface area contributed by atoms with Crippen LogP contribution in [0, 0.1) is 0 Å². The molecule has 28 heavy (non-hydrogen) atoms. The first-order valence-corrected chi connectivity index (χ1v) is 9.10. The normalized spacial score (nSPS) is 11.5. The standard InChI is InChI=1S/C22H18N4O2/c27-12-11-14-13-15(28)9-10-19(14)26-20-8-4-1-5-16(20)21(25-26)22-23-17-6-2-3-7-18(17)24-22/h1-10,13,27-28H,11-12H2,(H,23,24). The molecule has 0 fully saturated rings. The van der Waals surface area contributed by atoms with Crippen LogP contribution in [0.3, 0.4) is 0 Å². The molecule has 3 N–H and O–H groups in total. The quantitative estimate of drug-likeness (QED) is 0.449. The molecule has 0 aliphatic rings. The molecule has 5 rings (SSSR count). The van der Waals surface area contributed by atoms with Crippen molar-refractivity contribution in [3.8, 4) is 23.0 Å². The number of rotatable bonds is 4. The first-order valence-electron chi connectivity index (χ1n) is 9.10. The third-order valence-electron chi connectivity index (χ3n) is 4.87. The summed E-state index contributed by atoms with van der Waals surface area (Å²) in [6.07, 6.45) is 0.428. The van der Waals surface area contributed by atoms with Gasteiger partial charge in [0.05, 0.1) is 22.2 Å². The van der Waals surface area contributed by atoms with E-state index in [1.807, 2.05) is 59.3 Å². The molecule has 6 heteroatoms. The molecule has 0 spiro atoms. The number of H-pyrrole nitrogens is 1. The molecular weight excluding hydrogens is 352 g/mol. The van der Waals surface area contributed by atoms with E-state index in [-0.39, 0.29) is 12.4 Å². The van der Waals surface area contributed by atoms with Gasteiger partial charge in [0.25, 0.3) is 0 Å². The summed E-state index contributed by atoms with van der Waals surface area (Å²) in [5.74, 6) is 0.875. The minimum absolute atomic E-state index is 0.00785. The Bertz CT molecular complexity index is 1270. The number of hydrogen-bond acceptors (Lipinski definition) is 4. The molecule has 5 aromatic rings. The first-order chi connectivity index (χ1) is 13.7. The predicted molar refractivity (Wildman–Crippen MR) is 109 cm³/mol. The fourth-order valence-corrected chi connectivity index (χ4v) is 3.59. The lowest BCUT2D eigenvalue weighted by molar-refractivity contribution is 0.299. The summed E-state index contributed by atoms with van der Waals surface area (Å²) in [6, 6.07) is 21.0. The Kier molecular flexibility index (Phi) is 3.84. The van der Waals surface area contributed by atoms with Gasteiger partial charge in [-0.2, -0.15) is 5.10 Å². The van der Waals surface area contributed by atoms with Gasteiger partial charge in [-0.3, -0.25) is 0 Å². The Morgan fingerprint density at radius 1 is 0.964 bits per heavy atom. The smallest absolute Gasteiger partial charge is 0.159 e. The lowest BCUT2D eigenvalue weighted by Crippen LogP contribution is -2.03. The number of imidazole rings is 1. The highest BCUT2D eigenvalue weighted by Crippen LogP contribution is 2.31. The second kappa shape index (κ2) is 6.51. The molecule has 3 aromatic carbocycles. The van der Waals surface area contributed by atoms with Gasteiger partial charge in [-0.1, -0.05) is 30.3 Å². The number of nitrogens with one attached hydrogen (secondary N) is 1. The van der Waals surface area contributed by atoms with Crippen LogP contribution in [0.2, 0.25) is 0 Å². The van der Waals surface area contributed by atoms with Crippen molar-refractivity contribution in [3.63, 3.8) is 0 Å². The van der Waals surface area contributed by atoms with Gasteiger partial charge < -0.3 is 15.2 Å². The van der Waals surface area contributed by atoms with Crippen LogP contribution in [-0.2, 0) is 6.42 Å². The number of aromatic nitrogens is 4. The highest BCUT2D eigenvalue weighted by Gasteiger charge is 2.18. The zero-order valence-electron chi connectivity index (χ0n) is 15.0. The van der Waals surface area contributed by atoms with Crippen molar-refractivity contribution < 1.29 is 10.2 Å². The summed E-state index contributed by atoms with van der Waals surface area (Å²) in [5, 5.41) is 25.1. The van der Waals surface area contributed by atoms with Crippen molar-refractivity contribution >= 4 is 21.9 Å². The molecule has 2 aromatic heterocycles. The van der Waals surface area contributed by atoms with Gasteiger partial charge in [0.15, 0.2) is 5.82 Å². The Hall–Kier alpha value is -3.64. The third-order valence-corrected chi connectivity index (χ3v) is 4.87. The second-order valence-corrected chi connectivity index (χ2v) is 6.67. The van der Waals surface area contributed by atoms with Crippen LogP contribution in [0.15, 0.2) is 66.7 Å². The largest absolute Gasteiger partial charge is 0.508 e. The molecule has 0 aliphatic heterocycles. The number of phenols is 1. The van der Waals surface area contributed by atoms with Crippen LogP contribution < -0.4 is 0 Å². The third kappa shape index (κ3) is 2.62. The predicted octanol–water partition coefficient (Wildman–Crippen LogP) is 3.81. The van der Waals surface area contributed by atoms with E-state index in [2.05, 4.69) is 4.98 Å². The van der Waals surface area contributed by atoms with Crippen molar-refractivity contribution in [2.75, 3.05) is 6.61 Å². The fourth-order valence-electron chi connectivity index (χ4n) is 3.59. The van der Waals surface area contributed by atoms with Crippen molar-refractivity contribution in [2.24, 2.45) is 0 Å². The number of para-hydroxylation sites is 3.